The van der Waals surface area contributed by atoms with Gasteiger partial charge in [0.25, 0.3) is 0 Å². The van der Waals surface area contributed by atoms with Crippen molar-refractivity contribution < 1.29 is 9.59 Å². The molecular weight excluding hydrogens is 278 g/mol. The molecule has 0 aromatic rings. The fourth-order valence-electron chi connectivity index (χ4n) is 3.37. The van der Waals surface area contributed by atoms with Crippen LogP contribution in [0.3, 0.4) is 0 Å². The molecule has 1 saturated carbocycles. The summed E-state index contributed by atoms with van der Waals surface area (Å²) >= 11 is 0. The van der Waals surface area contributed by atoms with E-state index in [1.807, 2.05) is 6.92 Å². The summed E-state index contributed by atoms with van der Waals surface area (Å²) in [6, 6.07) is 0.101. The predicted molar refractivity (Wildman–Crippen MR) is 80.6 cm³/mol. The van der Waals surface area contributed by atoms with Gasteiger partial charge >= 0.3 is 0 Å². The summed E-state index contributed by atoms with van der Waals surface area (Å²) in [5.41, 5.74) is 4.98. The van der Waals surface area contributed by atoms with Gasteiger partial charge in [0.2, 0.25) is 11.8 Å². The van der Waals surface area contributed by atoms with Gasteiger partial charge < -0.3 is 16.4 Å². The number of halogens is 1. The molecular formula is C14H26ClN3O2. The maximum Gasteiger partial charge on any atom is 0.240 e. The fraction of sp³-hybridized carbons (Fsp3) is 0.857. The molecule has 1 heterocycles. The van der Waals surface area contributed by atoms with Crippen LogP contribution in [-0.2, 0) is 9.59 Å². The summed E-state index contributed by atoms with van der Waals surface area (Å²) in [6.07, 6.45) is 6.24. The Morgan fingerprint density at radius 2 is 2.10 bits per heavy atom. The van der Waals surface area contributed by atoms with Crippen LogP contribution in [0.25, 0.3) is 0 Å². The van der Waals surface area contributed by atoms with E-state index in [1.165, 1.54) is 0 Å². The van der Waals surface area contributed by atoms with Gasteiger partial charge in [0.05, 0.1) is 5.54 Å². The van der Waals surface area contributed by atoms with Crippen molar-refractivity contribution in [1.29, 1.82) is 0 Å². The number of amides is 2. The van der Waals surface area contributed by atoms with Crippen LogP contribution in [0, 0.1) is 5.92 Å². The molecule has 2 fully saturated rings. The Hall–Kier alpha value is -0.810. The Labute approximate surface area is 126 Å². The molecule has 3 atom stereocenters. The molecule has 116 valence electrons. The number of nitrogens with two attached hydrogens (primary N) is 1. The molecule has 0 bridgehead atoms. The maximum atomic E-state index is 12.5. The van der Waals surface area contributed by atoms with Crippen molar-refractivity contribution in [2.45, 2.75) is 63.5 Å². The standard InChI is InChI=1S/C14H25N3O2.ClH/c1-2-14(7-4-8-16-14)13(19)17-11-6-3-5-10(9-11)12(15)18;/h10-11,16H,2-9H2,1H3,(H2,15,18)(H,17,19);1H. The molecule has 0 aromatic heterocycles. The van der Waals surface area contributed by atoms with Crippen molar-refractivity contribution >= 4 is 24.2 Å². The Morgan fingerprint density at radius 3 is 2.65 bits per heavy atom. The summed E-state index contributed by atoms with van der Waals surface area (Å²) in [4.78, 5) is 23.7. The number of hydrogen-bond donors (Lipinski definition) is 3. The minimum Gasteiger partial charge on any atom is -0.369 e. The zero-order valence-corrected chi connectivity index (χ0v) is 12.9. The van der Waals surface area contributed by atoms with Gasteiger partial charge in [0, 0.05) is 12.0 Å². The first-order valence-electron chi connectivity index (χ1n) is 7.43. The zero-order valence-electron chi connectivity index (χ0n) is 12.1. The van der Waals surface area contributed by atoms with Gasteiger partial charge in [0.15, 0.2) is 0 Å². The molecule has 5 nitrogen and oxygen atoms in total. The highest BCUT2D eigenvalue weighted by Gasteiger charge is 2.40. The molecule has 6 heteroatoms. The maximum absolute atomic E-state index is 12.5. The smallest absolute Gasteiger partial charge is 0.240 e. The SMILES string of the molecule is CCC1(C(=O)NC2CCCC(C(N)=O)C2)CCCN1.Cl. The van der Waals surface area contributed by atoms with Gasteiger partial charge in [0.1, 0.15) is 0 Å². The molecule has 0 aromatic carbocycles. The molecule has 2 aliphatic rings. The number of hydrogen-bond acceptors (Lipinski definition) is 3. The molecule has 0 spiro atoms. The first kappa shape index (κ1) is 17.2. The summed E-state index contributed by atoms with van der Waals surface area (Å²) in [5, 5.41) is 6.47. The van der Waals surface area contributed by atoms with Gasteiger partial charge in [-0.1, -0.05) is 13.3 Å². The van der Waals surface area contributed by atoms with E-state index >= 15 is 0 Å². The highest BCUT2D eigenvalue weighted by atomic mass is 35.5. The topological polar surface area (TPSA) is 84.2 Å². The Morgan fingerprint density at radius 1 is 1.35 bits per heavy atom. The minimum absolute atomic E-state index is 0. The largest absolute Gasteiger partial charge is 0.369 e. The molecule has 1 aliphatic heterocycles. The first-order valence-corrected chi connectivity index (χ1v) is 7.43. The lowest BCUT2D eigenvalue weighted by molar-refractivity contribution is -0.129. The third-order valence-corrected chi connectivity index (χ3v) is 4.69. The van der Waals surface area contributed by atoms with E-state index in [9.17, 15) is 9.59 Å². The molecule has 0 radical (unpaired) electrons. The highest BCUT2D eigenvalue weighted by molar-refractivity contribution is 5.87. The van der Waals surface area contributed by atoms with Crippen molar-refractivity contribution in [2.75, 3.05) is 6.54 Å². The van der Waals surface area contributed by atoms with Crippen LogP contribution >= 0.6 is 12.4 Å². The summed E-state index contributed by atoms with van der Waals surface area (Å²) in [7, 11) is 0. The Bertz CT molecular complexity index is 356. The molecule has 1 aliphatic carbocycles. The lowest BCUT2D eigenvalue weighted by Crippen LogP contribution is -2.56. The third kappa shape index (κ3) is 3.64. The van der Waals surface area contributed by atoms with Gasteiger partial charge in [-0.15, -0.1) is 12.4 Å². The molecule has 2 amide bonds. The lowest BCUT2D eigenvalue weighted by Gasteiger charge is -2.33. The van der Waals surface area contributed by atoms with Crippen molar-refractivity contribution in [2.24, 2.45) is 11.7 Å². The molecule has 3 unspecified atom stereocenters. The van der Waals surface area contributed by atoms with Gasteiger partial charge in [-0.2, -0.15) is 0 Å². The average molecular weight is 304 g/mol. The Kier molecular flexibility index (Phi) is 6.27. The van der Waals surface area contributed by atoms with Gasteiger partial charge in [-0.05, 0) is 45.1 Å². The second-order valence-corrected chi connectivity index (χ2v) is 5.90. The first-order chi connectivity index (χ1) is 9.07. The van der Waals surface area contributed by atoms with Crippen LogP contribution in [0.1, 0.15) is 51.9 Å². The minimum atomic E-state index is -0.389. The number of rotatable bonds is 4. The monoisotopic (exact) mass is 303 g/mol. The van der Waals surface area contributed by atoms with Crippen LogP contribution in [0.4, 0.5) is 0 Å². The molecule has 1 saturated heterocycles. The average Bonchev–Trinajstić information content (AvgIpc) is 2.89. The van der Waals surface area contributed by atoms with E-state index in [2.05, 4.69) is 10.6 Å². The summed E-state index contributed by atoms with van der Waals surface area (Å²) in [5.74, 6) is -0.209. The number of primary amides is 1. The third-order valence-electron chi connectivity index (χ3n) is 4.69. The number of carbonyl (C=O) groups is 2. The second-order valence-electron chi connectivity index (χ2n) is 5.90. The van der Waals surface area contributed by atoms with Crippen LogP contribution < -0.4 is 16.4 Å². The highest BCUT2D eigenvalue weighted by Crippen LogP contribution is 2.27. The van der Waals surface area contributed by atoms with E-state index in [4.69, 9.17) is 5.73 Å². The van der Waals surface area contributed by atoms with Crippen molar-refractivity contribution in [1.82, 2.24) is 10.6 Å². The van der Waals surface area contributed by atoms with E-state index in [0.717, 1.165) is 45.1 Å². The van der Waals surface area contributed by atoms with Crippen molar-refractivity contribution in [3.8, 4) is 0 Å². The Balaban J connectivity index is 0.00000200. The fourth-order valence-corrected chi connectivity index (χ4v) is 3.37. The van der Waals surface area contributed by atoms with E-state index < -0.39 is 0 Å². The van der Waals surface area contributed by atoms with Crippen molar-refractivity contribution in [3.63, 3.8) is 0 Å². The van der Waals surface area contributed by atoms with Crippen molar-refractivity contribution in [3.05, 3.63) is 0 Å². The normalized spacial score (nSPS) is 33.2. The predicted octanol–water partition coefficient (Wildman–Crippen LogP) is 1.10. The molecule has 20 heavy (non-hydrogen) atoms. The van der Waals surface area contributed by atoms with E-state index in [-0.39, 0.29) is 41.7 Å². The number of nitrogens with one attached hydrogen (secondary N) is 2. The zero-order chi connectivity index (χ0) is 13.9. The van der Waals surface area contributed by atoms with Crippen LogP contribution in [0.5, 0.6) is 0 Å². The summed E-state index contributed by atoms with van der Waals surface area (Å²) in [6.45, 7) is 2.96. The molecule has 2 rings (SSSR count). The van der Waals surface area contributed by atoms with E-state index in [1.54, 1.807) is 0 Å². The van der Waals surface area contributed by atoms with E-state index in [0.29, 0.717) is 6.42 Å². The second kappa shape index (κ2) is 7.27. The summed E-state index contributed by atoms with van der Waals surface area (Å²) < 4.78 is 0. The molecule has 4 N–H and O–H groups in total. The van der Waals surface area contributed by atoms with Crippen LogP contribution in [0.2, 0.25) is 0 Å². The van der Waals surface area contributed by atoms with Crippen LogP contribution in [-0.4, -0.2) is 29.9 Å². The number of carbonyl (C=O) groups excluding carboxylic acids is 2. The van der Waals surface area contributed by atoms with Gasteiger partial charge in [-0.25, -0.2) is 0 Å². The quantitative estimate of drug-likeness (QED) is 0.727. The van der Waals surface area contributed by atoms with Gasteiger partial charge in [-0.3, -0.25) is 9.59 Å². The lowest BCUT2D eigenvalue weighted by atomic mass is 9.84. The van der Waals surface area contributed by atoms with Crippen LogP contribution in [0.15, 0.2) is 0 Å².